The lowest BCUT2D eigenvalue weighted by molar-refractivity contribution is -0.180. The number of esters is 2. The van der Waals surface area contributed by atoms with Gasteiger partial charge in [0.2, 0.25) is 6.79 Å². The first-order valence-corrected chi connectivity index (χ1v) is 7.51. The molecule has 0 bridgehead atoms. The number of ether oxygens (including phenoxy) is 2. The summed E-state index contributed by atoms with van der Waals surface area (Å²) >= 11 is 0. The van der Waals surface area contributed by atoms with E-state index in [1.165, 1.54) is 0 Å². The molecule has 25 heavy (non-hydrogen) atoms. The van der Waals surface area contributed by atoms with Gasteiger partial charge in [-0.2, -0.15) is 0 Å². The normalized spacial score (nSPS) is 12.6. The van der Waals surface area contributed by atoms with Crippen LogP contribution >= 0.6 is 0 Å². The number of aliphatic carboxylic acids is 2. The second-order valence-corrected chi connectivity index (χ2v) is 5.76. The molecule has 0 aliphatic carbocycles. The van der Waals surface area contributed by atoms with Crippen LogP contribution in [0.2, 0.25) is 0 Å². The van der Waals surface area contributed by atoms with Crippen LogP contribution < -0.4 is 0 Å². The monoisotopic (exact) mass is 366 g/mol. The van der Waals surface area contributed by atoms with Gasteiger partial charge in [-0.1, -0.05) is 27.7 Å². The standard InChI is InChI=1S/C9H12O10.C6H14/c10-4(1-6(12)13)8(16)18-3-19-9(17)5(11)2-7(14)15;1-5(2)6(3)4/h4-5,10-11H,1-3H2,(H,12,13)(H,14,15);5-6H,1-4H3. The summed E-state index contributed by atoms with van der Waals surface area (Å²) in [6.07, 6.45) is -5.59. The summed E-state index contributed by atoms with van der Waals surface area (Å²) in [5.41, 5.74) is 0. The molecule has 0 saturated heterocycles. The first-order valence-electron chi connectivity index (χ1n) is 7.51. The summed E-state index contributed by atoms with van der Waals surface area (Å²) in [5, 5.41) is 34.4. The summed E-state index contributed by atoms with van der Waals surface area (Å²) in [7, 11) is 0. The van der Waals surface area contributed by atoms with Gasteiger partial charge in [-0.15, -0.1) is 0 Å². The number of hydrogen-bond acceptors (Lipinski definition) is 8. The van der Waals surface area contributed by atoms with Crippen molar-refractivity contribution in [1.82, 2.24) is 0 Å². The summed E-state index contributed by atoms with van der Waals surface area (Å²) in [5.74, 6) is -3.82. The lowest BCUT2D eigenvalue weighted by Gasteiger charge is -2.11. The molecule has 0 fully saturated rings. The molecule has 0 heterocycles. The maximum atomic E-state index is 10.9. The highest BCUT2D eigenvalue weighted by Crippen LogP contribution is 2.05. The Bertz CT molecular complexity index is 404. The second kappa shape index (κ2) is 13.1. The number of hydrogen-bond donors (Lipinski definition) is 4. The molecular formula is C15H26O10. The molecule has 10 heteroatoms. The van der Waals surface area contributed by atoms with Crippen LogP contribution in [0.3, 0.4) is 0 Å². The van der Waals surface area contributed by atoms with Gasteiger partial charge in [-0.05, 0) is 11.8 Å². The van der Waals surface area contributed by atoms with Gasteiger partial charge in [-0.25, -0.2) is 9.59 Å². The van der Waals surface area contributed by atoms with Crippen molar-refractivity contribution < 1.29 is 49.1 Å². The van der Waals surface area contributed by atoms with Crippen molar-refractivity contribution in [2.75, 3.05) is 6.79 Å². The number of carboxylic acids is 2. The number of carboxylic acid groups (broad SMARTS) is 2. The van der Waals surface area contributed by atoms with E-state index >= 15 is 0 Å². The first-order chi connectivity index (χ1) is 11.4. The second-order valence-electron chi connectivity index (χ2n) is 5.76. The van der Waals surface area contributed by atoms with Crippen molar-refractivity contribution in [3.63, 3.8) is 0 Å². The Kier molecular flexibility index (Phi) is 13.2. The molecule has 10 nitrogen and oxygen atoms in total. The molecule has 0 aliphatic rings. The van der Waals surface area contributed by atoms with Gasteiger partial charge in [0.05, 0.1) is 12.8 Å². The summed E-state index contributed by atoms with van der Waals surface area (Å²) < 4.78 is 8.35. The van der Waals surface area contributed by atoms with Crippen LogP contribution in [0.15, 0.2) is 0 Å². The van der Waals surface area contributed by atoms with Gasteiger partial charge in [0.1, 0.15) is 0 Å². The minimum absolute atomic E-state index is 0.852. The molecule has 4 N–H and O–H groups in total. The lowest BCUT2D eigenvalue weighted by Crippen LogP contribution is -2.30. The molecule has 0 amide bonds. The minimum atomic E-state index is -1.92. The van der Waals surface area contributed by atoms with Crippen LogP contribution in [-0.4, -0.2) is 63.3 Å². The quantitative estimate of drug-likeness (QED) is 0.322. The topological polar surface area (TPSA) is 168 Å². The van der Waals surface area contributed by atoms with E-state index in [1.807, 2.05) is 0 Å². The van der Waals surface area contributed by atoms with Crippen LogP contribution in [0.5, 0.6) is 0 Å². The molecule has 0 radical (unpaired) electrons. The predicted octanol–water partition coefficient (Wildman–Crippen LogP) is -0.0001000. The van der Waals surface area contributed by atoms with Crippen LogP contribution in [0, 0.1) is 11.8 Å². The molecule has 2 unspecified atom stereocenters. The third-order valence-corrected chi connectivity index (χ3v) is 3.02. The van der Waals surface area contributed by atoms with Crippen molar-refractivity contribution in [3.05, 3.63) is 0 Å². The van der Waals surface area contributed by atoms with Gasteiger partial charge in [-0.3, -0.25) is 9.59 Å². The Balaban J connectivity index is 0. The highest BCUT2D eigenvalue weighted by atomic mass is 16.7. The zero-order valence-electron chi connectivity index (χ0n) is 14.7. The molecule has 0 aliphatic heterocycles. The van der Waals surface area contributed by atoms with Crippen molar-refractivity contribution in [3.8, 4) is 0 Å². The SMILES string of the molecule is CC(C)C(C)C.O=C(O)CC(O)C(=O)OCOC(=O)C(O)CC(=O)O. The molecule has 0 spiro atoms. The van der Waals surface area contributed by atoms with E-state index in [0.29, 0.717) is 0 Å². The third-order valence-electron chi connectivity index (χ3n) is 3.02. The van der Waals surface area contributed by atoms with E-state index in [4.69, 9.17) is 20.4 Å². The molecule has 146 valence electrons. The van der Waals surface area contributed by atoms with Gasteiger partial charge >= 0.3 is 23.9 Å². The minimum Gasteiger partial charge on any atom is -0.481 e. The van der Waals surface area contributed by atoms with Gasteiger partial charge in [0.15, 0.2) is 12.2 Å². The fourth-order valence-electron chi connectivity index (χ4n) is 0.835. The Hall–Kier alpha value is -2.20. The molecule has 0 aromatic rings. The lowest BCUT2D eigenvalue weighted by atomic mass is 10.0. The number of aliphatic hydroxyl groups excluding tert-OH is 2. The number of aliphatic hydroxyl groups is 2. The third kappa shape index (κ3) is 15.1. The summed E-state index contributed by atoms with van der Waals surface area (Å²) in [6, 6.07) is 0. The summed E-state index contributed by atoms with van der Waals surface area (Å²) in [6.45, 7) is 7.98. The van der Waals surface area contributed by atoms with E-state index < -0.39 is 55.7 Å². The molecule has 0 aromatic carbocycles. The van der Waals surface area contributed by atoms with Crippen molar-refractivity contribution in [2.24, 2.45) is 11.8 Å². The van der Waals surface area contributed by atoms with E-state index in [9.17, 15) is 19.2 Å². The van der Waals surface area contributed by atoms with Crippen molar-refractivity contribution >= 4 is 23.9 Å². The van der Waals surface area contributed by atoms with E-state index in [2.05, 4.69) is 37.2 Å². The van der Waals surface area contributed by atoms with E-state index in [-0.39, 0.29) is 0 Å². The molecule has 0 saturated carbocycles. The van der Waals surface area contributed by atoms with Crippen molar-refractivity contribution in [1.29, 1.82) is 0 Å². The molecule has 0 aromatic heterocycles. The maximum absolute atomic E-state index is 10.9. The smallest absolute Gasteiger partial charge is 0.338 e. The Morgan fingerprint density at radius 3 is 1.20 bits per heavy atom. The number of rotatable bonds is 9. The van der Waals surface area contributed by atoms with Crippen molar-refractivity contribution in [2.45, 2.75) is 52.7 Å². The Morgan fingerprint density at radius 1 is 0.720 bits per heavy atom. The molecule has 2 atom stereocenters. The average Bonchev–Trinajstić information content (AvgIpc) is 2.45. The van der Waals surface area contributed by atoms with Gasteiger partial charge in [0.25, 0.3) is 0 Å². The zero-order valence-corrected chi connectivity index (χ0v) is 14.7. The zero-order chi connectivity index (χ0) is 20.2. The van der Waals surface area contributed by atoms with E-state index in [0.717, 1.165) is 11.8 Å². The van der Waals surface area contributed by atoms with Gasteiger partial charge in [0, 0.05) is 0 Å². The van der Waals surface area contributed by atoms with Gasteiger partial charge < -0.3 is 29.9 Å². The fourth-order valence-corrected chi connectivity index (χ4v) is 0.835. The summed E-state index contributed by atoms with van der Waals surface area (Å²) in [4.78, 5) is 42.1. The Labute approximate surface area is 145 Å². The highest BCUT2D eigenvalue weighted by molar-refractivity contribution is 5.82. The number of carbonyl (C=O) groups excluding carboxylic acids is 2. The fraction of sp³-hybridized carbons (Fsp3) is 0.733. The highest BCUT2D eigenvalue weighted by Gasteiger charge is 2.23. The predicted molar refractivity (Wildman–Crippen MR) is 83.2 cm³/mol. The van der Waals surface area contributed by atoms with Crippen LogP contribution in [0.25, 0.3) is 0 Å². The van der Waals surface area contributed by atoms with E-state index in [1.54, 1.807) is 0 Å². The van der Waals surface area contributed by atoms with Crippen LogP contribution in [0.4, 0.5) is 0 Å². The van der Waals surface area contributed by atoms with Crippen LogP contribution in [0.1, 0.15) is 40.5 Å². The molecular weight excluding hydrogens is 340 g/mol. The maximum Gasteiger partial charge on any atom is 0.338 e. The largest absolute Gasteiger partial charge is 0.481 e. The van der Waals surface area contributed by atoms with Crippen LogP contribution in [-0.2, 0) is 28.7 Å². The Morgan fingerprint density at radius 2 is 1.00 bits per heavy atom. The first kappa shape index (κ1) is 25.0. The molecule has 0 rings (SSSR count). The average molecular weight is 366 g/mol. The number of carbonyl (C=O) groups is 4.